The van der Waals surface area contributed by atoms with Crippen LogP contribution in [0.3, 0.4) is 0 Å². The molecule has 0 saturated heterocycles. The van der Waals surface area contributed by atoms with Gasteiger partial charge in [0, 0.05) is 10.6 Å². The third-order valence-electron chi connectivity index (χ3n) is 3.29. The lowest BCUT2D eigenvalue weighted by molar-refractivity contribution is -0.129. The molecule has 0 fully saturated rings. The van der Waals surface area contributed by atoms with E-state index in [9.17, 15) is 17.6 Å². The second-order valence-corrected chi connectivity index (χ2v) is 7.83. The summed E-state index contributed by atoms with van der Waals surface area (Å²) in [5.41, 5.74) is -0.112. The van der Waals surface area contributed by atoms with Crippen molar-refractivity contribution in [2.24, 2.45) is 4.99 Å². The van der Waals surface area contributed by atoms with Crippen molar-refractivity contribution in [1.29, 1.82) is 0 Å². The average Bonchev–Trinajstić information content (AvgIpc) is 2.91. The van der Waals surface area contributed by atoms with Crippen LogP contribution in [0.25, 0.3) is 6.08 Å². The molecule has 0 aliphatic carbocycles. The quantitative estimate of drug-likeness (QED) is 0.419. The second kappa shape index (κ2) is 7.30. The minimum atomic E-state index is -3.90. The Hall–Kier alpha value is -2.42. The minimum Gasteiger partial charge on any atom is -0.402 e. The molecule has 1 heterocycles. The van der Waals surface area contributed by atoms with E-state index >= 15 is 0 Å². The van der Waals surface area contributed by atoms with Crippen molar-refractivity contribution in [3.63, 3.8) is 0 Å². The van der Waals surface area contributed by atoms with Crippen LogP contribution in [0.2, 0.25) is 10.0 Å². The summed E-state index contributed by atoms with van der Waals surface area (Å²) in [6.07, 6.45) is 2.03. The van der Waals surface area contributed by atoms with Crippen LogP contribution in [0.4, 0.5) is 4.39 Å². The Balaban J connectivity index is 2.09. The van der Waals surface area contributed by atoms with Crippen LogP contribution in [-0.4, -0.2) is 26.5 Å². The zero-order chi connectivity index (χ0) is 19.8. The Kier molecular flexibility index (Phi) is 5.23. The monoisotopic (exact) mass is 429 g/mol. The minimum absolute atomic E-state index is 0.00554. The number of hydrogen-bond acceptors (Lipinski definition) is 6. The molecule has 0 amide bonds. The largest absolute Gasteiger partial charge is 0.402 e. The van der Waals surface area contributed by atoms with Gasteiger partial charge in [-0.2, -0.15) is 8.42 Å². The molecule has 0 atom stereocenters. The smallest absolute Gasteiger partial charge is 0.363 e. The van der Waals surface area contributed by atoms with Gasteiger partial charge in [-0.25, -0.2) is 14.2 Å². The predicted octanol–water partition coefficient (Wildman–Crippen LogP) is 3.82. The van der Waals surface area contributed by atoms with Crippen molar-refractivity contribution in [2.75, 3.05) is 6.26 Å². The number of rotatable bonds is 4. The highest BCUT2D eigenvalue weighted by atomic mass is 35.5. The van der Waals surface area contributed by atoms with Gasteiger partial charge in [0.05, 0.1) is 16.8 Å². The predicted molar refractivity (Wildman–Crippen MR) is 98.9 cm³/mol. The normalized spacial score (nSPS) is 15.6. The standard InChI is InChI=1S/C17H10Cl2FNO5S/c1-27(23,24)26-15-9(6-10(18)8-12(15)19)7-14-17(22)25-16(21-14)11-4-2-3-5-13(11)20/h2-8H,1H3/b14-7-. The van der Waals surface area contributed by atoms with E-state index in [1.54, 1.807) is 6.07 Å². The molecule has 0 unspecified atom stereocenters. The molecule has 0 spiro atoms. The number of carbonyl (C=O) groups excluding carboxylic acids is 1. The van der Waals surface area contributed by atoms with Gasteiger partial charge >= 0.3 is 16.1 Å². The fourth-order valence-corrected chi connectivity index (χ4v) is 3.32. The molecule has 1 aliphatic heterocycles. The number of halogens is 3. The third kappa shape index (κ3) is 4.47. The van der Waals surface area contributed by atoms with Gasteiger partial charge in [0.15, 0.2) is 11.4 Å². The molecule has 2 aromatic carbocycles. The summed E-state index contributed by atoms with van der Waals surface area (Å²) in [5, 5.41) is 0.0989. The summed E-state index contributed by atoms with van der Waals surface area (Å²) >= 11 is 11.9. The molecule has 0 saturated carbocycles. The van der Waals surface area contributed by atoms with Crippen LogP contribution < -0.4 is 4.18 Å². The van der Waals surface area contributed by atoms with Gasteiger partial charge in [-0.15, -0.1) is 0 Å². The number of carbonyl (C=O) groups is 1. The first kappa shape index (κ1) is 19.3. The maximum Gasteiger partial charge on any atom is 0.363 e. The van der Waals surface area contributed by atoms with Crippen LogP contribution in [-0.2, 0) is 19.6 Å². The van der Waals surface area contributed by atoms with Crippen LogP contribution in [0.5, 0.6) is 5.75 Å². The van der Waals surface area contributed by atoms with E-state index in [1.807, 2.05) is 0 Å². The molecular weight excluding hydrogens is 420 g/mol. The molecule has 0 bridgehead atoms. The topological polar surface area (TPSA) is 82.0 Å². The van der Waals surface area contributed by atoms with E-state index < -0.39 is 21.9 Å². The molecular formula is C17H10Cl2FNO5S. The van der Waals surface area contributed by atoms with Crippen molar-refractivity contribution < 1.29 is 26.5 Å². The zero-order valence-electron chi connectivity index (χ0n) is 13.6. The Morgan fingerprint density at radius 2 is 1.93 bits per heavy atom. The molecule has 6 nitrogen and oxygen atoms in total. The van der Waals surface area contributed by atoms with Gasteiger partial charge < -0.3 is 8.92 Å². The lowest BCUT2D eigenvalue weighted by Crippen LogP contribution is -2.08. The number of esters is 1. The van der Waals surface area contributed by atoms with Crippen molar-refractivity contribution in [3.8, 4) is 5.75 Å². The van der Waals surface area contributed by atoms with Crippen LogP contribution in [0.15, 0.2) is 47.1 Å². The molecule has 0 N–H and O–H groups in total. The Labute approximate surface area is 164 Å². The number of nitrogens with zero attached hydrogens (tertiary/aromatic N) is 1. The summed E-state index contributed by atoms with van der Waals surface area (Å²) in [7, 11) is -3.90. The van der Waals surface area contributed by atoms with E-state index in [4.69, 9.17) is 32.1 Å². The molecule has 27 heavy (non-hydrogen) atoms. The van der Waals surface area contributed by atoms with Gasteiger partial charge in [-0.3, -0.25) is 0 Å². The second-order valence-electron chi connectivity index (χ2n) is 5.41. The maximum atomic E-state index is 13.9. The van der Waals surface area contributed by atoms with Gasteiger partial charge in [-0.05, 0) is 30.3 Å². The van der Waals surface area contributed by atoms with Gasteiger partial charge in [0.2, 0.25) is 5.90 Å². The molecule has 0 radical (unpaired) electrons. The van der Waals surface area contributed by atoms with E-state index in [-0.39, 0.29) is 38.5 Å². The van der Waals surface area contributed by atoms with E-state index in [2.05, 4.69) is 4.99 Å². The van der Waals surface area contributed by atoms with Crippen molar-refractivity contribution in [1.82, 2.24) is 0 Å². The number of ether oxygens (including phenoxy) is 1. The van der Waals surface area contributed by atoms with Gasteiger partial charge in [0.1, 0.15) is 5.82 Å². The highest BCUT2D eigenvalue weighted by Crippen LogP contribution is 2.35. The molecule has 2 aromatic rings. The van der Waals surface area contributed by atoms with Crippen molar-refractivity contribution in [3.05, 3.63) is 69.1 Å². The van der Waals surface area contributed by atoms with Crippen molar-refractivity contribution >= 4 is 51.3 Å². The zero-order valence-corrected chi connectivity index (χ0v) is 15.9. The molecule has 0 aromatic heterocycles. The average molecular weight is 430 g/mol. The van der Waals surface area contributed by atoms with Crippen LogP contribution in [0, 0.1) is 5.82 Å². The fourth-order valence-electron chi connectivity index (χ4n) is 2.23. The first-order valence-corrected chi connectivity index (χ1v) is 9.87. The van der Waals surface area contributed by atoms with Crippen LogP contribution >= 0.6 is 23.2 Å². The molecule has 1 aliphatic rings. The van der Waals surface area contributed by atoms with Crippen LogP contribution in [0.1, 0.15) is 11.1 Å². The summed E-state index contributed by atoms with van der Waals surface area (Å²) in [5.74, 6) is -1.91. The Morgan fingerprint density at radius 3 is 2.59 bits per heavy atom. The van der Waals surface area contributed by atoms with Gasteiger partial charge in [0.25, 0.3) is 0 Å². The lowest BCUT2D eigenvalue weighted by Gasteiger charge is -2.09. The van der Waals surface area contributed by atoms with E-state index in [0.29, 0.717) is 0 Å². The summed E-state index contributed by atoms with van der Waals surface area (Å²) in [4.78, 5) is 16.1. The van der Waals surface area contributed by atoms with E-state index in [1.165, 1.54) is 36.4 Å². The number of cyclic esters (lactones) is 1. The van der Waals surface area contributed by atoms with Gasteiger partial charge in [-0.1, -0.05) is 35.3 Å². The van der Waals surface area contributed by atoms with Crippen molar-refractivity contribution in [2.45, 2.75) is 0 Å². The van der Waals surface area contributed by atoms with E-state index in [0.717, 1.165) is 6.26 Å². The maximum absolute atomic E-state index is 13.9. The first-order valence-electron chi connectivity index (χ1n) is 7.30. The Bertz CT molecular complexity index is 1110. The highest BCUT2D eigenvalue weighted by Gasteiger charge is 2.27. The molecule has 140 valence electrons. The lowest BCUT2D eigenvalue weighted by atomic mass is 10.1. The molecule has 3 rings (SSSR count). The summed E-state index contributed by atoms with van der Waals surface area (Å²) < 4.78 is 46.7. The Morgan fingerprint density at radius 1 is 1.22 bits per heavy atom. The summed E-state index contributed by atoms with van der Waals surface area (Å²) in [6, 6.07) is 8.26. The SMILES string of the molecule is CS(=O)(=O)Oc1c(Cl)cc(Cl)cc1/C=C1\N=C(c2ccccc2F)OC1=O. The first-order chi connectivity index (χ1) is 12.6. The fraction of sp³-hybridized carbons (Fsp3) is 0.0588. The highest BCUT2D eigenvalue weighted by molar-refractivity contribution is 7.86. The number of aliphatic imine (C=N–C) groups is 1. The summed E-state index contributed by atoms with van der Waals surface area (Å²) in [6.45, 7) is 0. The third-order valence-corrected chi connectivity index (χ3v) is 4.26. The number of hydrogen-bond donors (Lipinski definition) is 0. The number of benzene rings is 2. The molecule has 10 heteroatoms.